The molecule has 1 amide bonds. The summed E-state index contributed by atoms with van der Waals surface area (Å²) in [6, 6.07) is 12.5. The number of hydrogen-bond donors (Lipinski definition) is 1. The van der Waals surface area contributed by atoms with Gasteiger partial charge >= 0.3 is 6.03 Å². The third-order valence-electron chi connectivity index (χ3n) is 6.27. The van der Waals surface area contributed by atoms with Gasteiger partial charge in [-0.2, -0.15) is 0 Å². The lowest BCUT2D eigenvalue weighted by Gasteiger charge is -2.38. The van der Waals surface area contributed by atoms with Crippen LogP contribution in [0.4, 0.5) is 16.3 Å². The zero-order valence-corrected chi connectivity index (χ0v) is 16.6. The van der Waals surface area contributed by atoms with Crippen LogP contribution < -0.4 is 10.2 Å². The number of fused-ring (bicyclic) bond motifs is 1. The molecule has 6 nitrogen and oxygen atoms in total. The molecule has 1 saturated carbocycles. The Bertz CT molecular complexity index is 949. The molecule has 0 unspecified atom stereocenters. The van der Waals surface area contributed by atoms with Crippen molar-refractivity contribution in [1.82, 2.24) is 14.5 Å². The van der Waals surface area contributed by atoms with E-state index in [2.05, 4.69) is 20.1 Å². The highest BCUT2D eigenvalue weighted by Gasteiger charge is 2.26. The molecule has 1 N–H and O–H groups in total. The lowest BCUT2D eigenvalue weighted by atomic mass is 10.2. The summed E-state index contributed by atoms with van der Waals surface area (Å²) in [5.74, 6) is 0.987. The quantitative estimate of drug-likeness (QED) is 0.730. The first kappa shape index (κ1) is 18.2. The normalized spacial score (nSPS) is 18.4. The molecule has 2 aromatic heterocycles. The molecule has 0 radical (unpaired) electrons. The molecule has 150 valence electrons. The van der Waals surface area contributed by atoms with Crippen LogP contribution in [0.25, 0.3) is 10.8 Å². The van der Waals surface area contributed by atoms with Gasteiger partial charge in [-0.25, -0.2) is 9.78 Å². The summed E-state index contributed by atoms with van der Waals surface area (Å²) >= 11 is 0. The summed E-state index contributed by atoms with van der Waals surface area (Å²) in [5, 5.41) is 5.03. The van der Waals surface area contributed by atoms with E-state index in [9.17, 15) is 4.79 Å². The van der Waals surface area contributed by atoms with Gasteiger partial charge in [0.15, 0.2) is 0 Å². The van der Waals surface area contributed by atoms with Gasteiger partial charge in [0.25, 0.3) is 0 Å². The van der Waals surface area contributed by atoms with E-state index in [1.807, 2.05) is 48.8 Å². The van der Waals surface area contributed by atoms with Crippen LogP contribution in [-0.2, 0) is 0 Å². The smallest absolute Gasteiger partial charge is 0.330 e. The minimum atomic E-state index is -0.180. The van der Waals surface area contributed by atoms with E-state index in [0.717, 1.165) is 48.8 Å². The molecule has 0 atom stereocenters. The SMILES string of the molecule is O=C(Nc1ccc(N2CCN(C3CCCC3)CC2)nc1)n1cc2ccccc2c1. The molecule has 0 spiro atoms. The first-order valence-electron chi connectivity index (χ1n) is 10.6. The Balaban J connectivity index is 1.19. The topological polar surface area (TPSA) is 53.4 Å². The number of pyridine rings is 1. The molecular weight excluding hydrogens is 362 g/mol. The third-order valence-corrected chi connectivity index (χ3v) is 6.27. The van der Waals surface area contributed by atoms with Crippen molar-refractivity contribution in [2.75, 3.05) is 36.4 Å². The van der Waals surface area contributed by atoms with E-state index in [4.69, 9.17) is 0 Å². The second-order valence-corrected chi connectivity index (χ2v) is 8.09. The summed E-state index contributed by atoms with van der Waals surface area (Å²) in [4.78, 5) is 22.1. The van der Waals surface area contributed by atoms with Crippen LogP contribution in [0.3, 0.4) is 0 Å². The van der Waals surface area contributed by atoms with E-state index in [0.29, 0.717) is 5.69 Å². The molecule has 0 bridgehead atoms. The Labute approximate surface area is 171 Å². The minimum absolute atomic E-state index is 0.180. The number of rotatable bonds is 3. The van der Waals surface area contributed by atoms with Gasteiger partial charge in [0.1, 0.15) is 5.82 Å². The molecule has 1 saturated heterocycles. The van der Waals surface area contributed by atoms with Gasteiger partial charge in [-0.1, -0.05) is 37.1 Å². The van der Waals surface area contributed by atoms with Crippen LogP contribution in [0.5, 0.6) is 0 Å². The summed E-state index contributed by atoms with van der Waals surface area (Å²) in [5.41, 5.74) is 0.709. The number of anilines is 2. The van der Waals surface area contributed by atoms with Crippen LogP contribution in [0.2, 0.25) is 0 Å². The molecule has 5 rings (SSSR count). The summed E-state index contributed by atoms with van der Waals surface area (Å²) in [7, 11) is 0. The van der Waals surface area contributed by atoms with Crippen LogP contribution in [0, 0.1) is 0 Å². The maximum absolute atomic E-state index is 12.5. The summed E-state index contributed by atoms with van der Waals surface area (Å²) in [6.45, 7) is 4.27. The minimum Gasteiger partial charge on any atom is -0.354 e. The summed E-state index contributed by atoms with van der Waals surface area (Å²) in [6.07, 6.45) is 10.9. The van der Waals surface area contributed by atoms with Crippen LogP contribution in [0.15, 0.2) is 55.0 Å². The average Bonchev–Trinajstić information content (AvgIpc) is 3.44. The molecule has 3 aromatic rings. The van der Waals surface area contributed by atoms with Gasteiger partial charge in [0.2, 0.25) is 0 Å². The van der Waals surface area contributed by atoms with Crippen molar-refractivity contribution in [3.8, 4) is 0 Å². The lowest BCUT2D eigenvalue weighted by Crippen LogP contribution is -2.49. The van der Waals surface area contributed by atoms with Crippen molar-refractivity contribution in [2.24, 2.45) is 0 Å². The fourth-order valence-electron chi connectivity index (χ4n) is 4.62. The Morgan fingerprint density at radius 3 is 2.24 bits per heavy atom. The van der Waals surface area contributed by atoms with Crippen molar-refractivity contribution in [1.29, 1.82) is 0 Å². The monoisotopic (exact) mass is 389 g/mol. The highest BCUT2D eigenvalue weighted by Crippen LogP contribution is 2.25. The number of piperazine rings is 1. The van der Waals surface area contributed by atoms with E-state index in [1.165, 1.54) is 25.7 Å². The Kier molecular flexibility index (Phi) is 4.94. The number of hydrogen-bond acceptors (Lipinski definition) is 4. The average molecular weight is 390 g/mol. The second kappa shape index (κ2) is 7.87. The van der Waals surface area contributed by atoms with Crippen molar-refractivity contribution < 1.29 is 4.79 Å². The number of carbonyl (C=O) groups is 1. The predicted octanol–water partition coefficient (Wildman–Crippen LogP) is 4.18. The number of amides is 1. The standard InChI is InChI=1S/C23H27N5O/c29-23(28-16-18-5-1-2-6-19(18)17-28)25-20-9-10-22(24-15-20)27-13-11-26(12-14-27)21-7-3-4-8-21/h1-2,5-6,9-10,15-17,21H,3-4,7-8,11-14H2,(H,25,29). The van der Waals surface area contributed by atoms with Crippen molar-refractivity contribution in [3.63, 3.8) is 0 Å². The van der Waals surface area contributed by atoms with E-state index < -0.39 is 0 Å². The molecule has 1 aliphatic heterocycles. The molecule has 3 heterocycles. The summed E-state index contributed by atoms with van der Waals surface area (Å²) < 4.78 is 1.58. The Morgan fingerprint density at radius 1 is 0.931 bits per heavy atom. The van der Waals surface area contributed by atoms with Crippen molar-refractivity contribution in [2.45, 2.75) is 31.7 Å². The highest BCUT2D eigenvalue weighted by atomic mass is 16.2. The zero-order valence-electron chi connectivity index (χ0n) is 16.6. The van der Waals surface area contributed by atoms with Gasteiger partial charge in [-0.05, 0) is 35.7 Å². The largest absolute Gasteiger partial charge is 0.354 e. The molecular formula is C23H27N5O. The van der Waals surface area contributed by atoms with E-state index in [-0.39, 0.29) is 6.03 Å². The van der Waals surface area contributed by atoms with Gasteiger partial charge in [0.05, 0.1) is 11.9 Å². The lowest BCUT2D eigenvalue weighted by molar-refractivity contribution is 0.187. The fourth-order valence-corrected chi connectivity index (χ4v) is 4.62. The van der Waals surface area contributed by atoms with Crippen molar-refractivity contribution >= 4 is 28.3 Å². The number of aromatic nitrogens is 2. The molecule has 1 aliphatic carbocycles. The van der Waals surface area contributed by atoms with Gasteiger partial charge in [0, 0.05) is 44.6 Å². The second-order valence-electron chi connectivity index (χ2n) is 8.09. The fraction of sp³-hybridized carbons (Fsp3) is 0.391. The molecule has 1 aromatic carbocycles. The first-order valence-corrected chi connectivity index (χ1v) is 10.6. The molecule has 29 heavy (non-hydrogen) atoms. The number of nitrogens with zero attached hydrogens (tertiary/aromatic N) is 4. The van der Waals surface area contributed by atoms with E-state index >= 15 is 0 Å². The van der Waals surface area contributed by atoms with Gasteiger partial charge in [-0.3, -0.25) is 9.47 Å². The number of benzene rings is 1. The van der Waals surface area contributed by atoms with Crippen molar-refractivity contribution in [3.05, 3.63) is 55.0 Å². The molecule has 6 heteroatoms. The maximum Gasteiger partial charge on any atom is 0.330 e. The molecule has 2 aliphatic rings. The Hall–Kier alpha value is -2.86. The first-order chi connectivity index (χ1) is 14.3. The predicted molar refractivity (Wildman–Crippen MR) is 117 cm³/mol. The van der Waals surface area contributed by atoms with Gasteiger partial charge < -0.3 is 10.2 Å². The number of carbonyl (C=O) groups excluding carboxylic acids is 1. The van der Waals surface area contributed by atoms with Crippen LogP contribution >= 0.6 is 0 Å². The molecule has 2 fully saturated rings. The number of nitrogens with one attached hydrogen (secondary N) is 1. The van der Waals surface area contributed by atoms with Gasteiger partial charge in [-0.15, -0.1) is 0 Å². The van der Waals surface area contributed by atoms with Crippen LogP contribution in [0.1, 0.15) is 25.7 Å². The highest BCUT2D eigenvalue weighted by molar-refractivity contribution is 5.95. The third kappa shape index (κ3) is 3.85. The van der Waals surface area contributed by atoms with Crippen LogP contribution in [-0.4, -0.2) is 52.7 Å². The Morgan fingerprint density at radius 2 is 1.62 bits per heavy atom. The zero-order chi connectivity index (χ0) is 19.6. The van der Waals surface area contributed by atoms with E-state index in [1.54, 1.807) is 10.8 Å². The maximum atomic E-state index is 12.5.